The normalized spacial score (nSPS) is 12.3. The summed E-state index contributed by atoms with van der Waals surface area (Å²) in [4.78, 5) is 10.8. The minimum absolute atomic E-state index is 0.228. The summed E-state index contributed by atoms with van der Waals surface area (Å²) in [5.74, 6) is -1.10. The summed E-state index contributed by atoms with van der Waals surface area (Å²) in [5, 5.41) is 10.8. The lowest BCUT2D eigenvalue weighted by Crippen LogP contribution is -2.31. The van der Waals surface area contributed by atoms with Crippen molar-refractivity contribution in [2.24, 2.45) is 5.92 Å². The van der Waals surface area contributed by atoms with Crippen LogP contribution in [-0.2, 0) is 4.79 Å². The zero-order valence-electron chi connectivity index (χ0n) is 9.84. The van der Waals surface area contributed by atoms with Crippen LogP contribution in [0.4, 0.5) is 0 Å². The molecule has 15 heavy (non-hydrogen) atoms. The van der Waals surface area contributed by atoms with Gasteiger partial charge in [0, 0.05) is 5.97 Å². The van der Waals surface area contributed by atoms with Gasteiger partial charge in [-0.05, 0) is 31.6 Å². The molecule has 0 spiro atoms. The number of carbonyl (C=O) groups excluding carboxylic acids is 1. The summed E-state index contributed by atoms with van der Waals surface area (Å²) in [7, 11) is 0. The summed E-state index contributed by atoms with van der Waals surface area (Å²) in [5.41, 5.74) is 0. The zero-order chi connectivity index (χ0) is 11.5. The molecule has 0 saturated carbocycles. The largest absolute Gasteiger partial charge is 0.550 e. The predicted octanol–water partition coefficient (Wildman–Crippen LogP) is 2.68. The van der Waals surface area contributed by atoms with E-state index in [0.29, 0.717) is 0 Å². The molecule has 0 aromatic carbocycles. The fourth-order valence-electron chi connectivity index (χ4n) is 1.69. The molecule has 0 aliphatic rings. The van der Waals surface area contributed by atoms with Crippen LogP contribution in [0.1, 0.15) is 58.3 Å². The first-order valence-electron chi connectivity index (χ1n) is 6.04. The molecule has 0 rings (SSSR count). The maximum absolute atomic E-state index is 10.8. The Hall–Kier alpha value is -0.790. The van der Waals surface area contributed by atoms with Gasteiger partial charge in [0.25, 0.3) is 0 Å². The predicted molar refractivity (Wildman–Crippen MR) is 61.3 cm³/mol. The third-order valence-corrected chi connectivity index (χ3v) is 2.70. The Morgan fingerprint density at radius 1 is 1.27 bits per heavy atom. The van der Waals surface area contributed by atoms with E-state index in [1.807, 2.05) is 6.08 Å². The van der Waals surface area contributed by atoms with Crippen molar-refractivity contribution in [2.75, 3.05) is 0 Å². The summed E-state index contributed by atoms with van der Waals surface area (Å²) in [6.45, 7) is 5.74. The molecular weight excluding hydrogens is 188 g/mol. The van der Waals surface area contributed by atoms with E-state index in [1.165, 1.54) is 0 Å². The van der Waals surface area contributed by atoms with Crippen molar-refractivity contribution >= 4 is 5.97 Å². The van der Waals surface area contributed by atoms with Crippen molar-refractivity contribution in [1.29, 1.82) is 0 Å². The molecule has 0 aliphatic heterocycles. The van der Waals surface area contributed by atoms with Crippen molar-refractivity contribution in [2.45, 2.75) is 58.3 Å². The van der Waals surface area contributed by atoms with Crippen LogP contribution in [0.2, 0.25) is 0 Å². The number of carboxylic acids is 1. The Morgan fingerprint density at radius 3 is 2.47 bits per heavy atom. The number of rotatable bonds is 10. The number of aliphatic carboxylic acids is 1. The lowest BCUT2D eigenvalue weighted by molar-refractivity contribution is -0.312. The van der Waals surface area contributed by atoms with Gasteiger partial charge < -0.3 is 9.90 Å². The minimum Gasteiger partial charge on any atom is -0.550 e. The lowest BCUT2D eigenvalue weighted by atomic mass is 9.95. The van der Waals surface area contributed by atoms with Gasteiger partial charge in [0.2, 0.25) is 0 Å². The molecule has 0 aromatic heterocycles. The van der Waals surface area contributed by atoms with Gasteiger partial charge in [-0.25, -0.2) is 0 Å². The van der Waals surface area contributed by atoms with E-state index in [9.17, 15) is 9.90 Å². The van der Waals surface area contributed by atoms with Crippen LogP contribution in [0.25, 0.3) is 0 Å². The van der Waals surface area contributed by atoms with E-state index in [4.69, 9.17) is 0 Å². The maximum atomic E-state index is 10.8. The Balaban J connectivity index is 3.57. The maximum Gasteiger partial charge on any atom is 0.0445 e. The van der Waals surface area contributed by atoms with Crippen LogP contribution in [0.5, 0.6) is 0 Å². The summed E-state index contributed by atoms with van der Waals surface area (Å²) in [6, 6.07) is 0. The first-order chi connectivity index (χ1) is 7.22. The van der Waals surface area contributed by atoms with E-state index in [2.05, 4.69) is 13.5 Å². The molecule has 2 heteroatoms. The van der Waals surface area contributed by atoms with Crippen molar-refractivity contribution in [3.8, 4) is 0 Å². The monoisotopic (exact) mass is 211 g/mol. The highest BCUT2D eigenvalue weighted by Gasteiger charge is 2.08. The molecule has 0 saturated heterocycles. The average Bonchev–Trinajstić information content (AvgIpc) is 2.21. The first-order valence-corrected chi connectivity index (χ1v) is 6.04. The van der Waals surface area contributed by atoms with Gasteiger partial charge in [-0.1, -0.05) is 38.7 Å². The van der Waals surface area contributed by atoms with E-state index < -0.39 is 5.97 Å². The van der Waals surface area contributed by atoms with E-state index in [0.717, 1.165) is 51.4 Å². The molecule has 0 heterocycles. The van der Waals surface area contributed by atoms with Gasteiger partial charge >= 0.3 is 0 Å². The molecule has 0 amide bonds. The quantitative estimate of drug-likeness (QED) is 0.412. The van der Waals surface area contributed by atoms with Gasteiger partial charge in [0.15, 0.2) is 0 Å². The van der Waals surface area contributed by atoms with Crippen molar-refractivity contribution in [1.82, 2.24) is 0 Å². The summed E-state index contributed by atoms with van der Waals surface area (Å²) < 4.78 is 0. The van der Waals surface area contributed by atoms with Crippen molar-refractivity contribution in [3.05, 3.63) is 12.7 Å². The molecule has 1 atom stereocenters. The number of hydrogen-bond acceptors (Lipinski definition) is 2. The third kappa shape index (κ3) is 8.22. The number of unbranched alkanes of at least 4 members (excludes halogenated alkanes) is 4. The Morgan fingerprint density at radius 2 is 1.93 bits per heavy atom. The van der Waals surface area contributed by atoms with Crippen LogP contribution in [0.15, 0.2) is 12.7 Å². The highest BCUT2D eigenvalue weighted by Crippen LogP contribution is 2.16. The van der Waals surface area contributed by atoms with Gasteiger partial charge in [0.1, 0.15) is 0 Å². The molecule has 0 aromatic rings. The smallest absolute Gasteiger partial charge is 0.0445 e. The Kier molecular flexibility index (Phi) is 9.24. The van der Waals surface area contributed by atoms with E-state index in [1.54, 1.807) is 0 Å². The van der Waals surface area contributed by atoms with Crippen LogP contribution in [0.3, 0.4) is 0 Å². The van der Waals surface area contributed by atoms with Crippen LogP contribution < -0.4 is 5.11 Å². The van der Waals surface area contributed by atoms with Crippen LogP contribution >= 0.6 is 0 Å². The second-order valence-electron chi connectivity index (χ2n) is 4.08. The third-order valence-electron chi connectivity index (χ3n) is 2.70. The molecule has 0 aliphatic carbocycles. The summed E-state index contributed by atoms with van der Waals surface area (Å²) >= 11 is 0. The first kappa shape index (κ1) is 14.2. The van der Waals surface area contributed by atoms with E-state index >= 15 is 0 Å². The standard InChI is InChI=1S/C13H24O2/c1-3-5-7-8-9-11-12(13(14)15)10-6-4-2/h3,12H,1,4-11H2,2H3,(H,14,15)/p-1. The minimum atomic E-state index is -0.868. The fourth-order valence-corrected chi connectivity index (χ4v) is 1.69. The average molecular weight is 211 g/mol. The fraction of sp³-hybridized carbons (Fsp3) is 0.769. The topological polar surface area (TPSA) is 40.1 Å². The Labute approximate surface area is 93.4 Å². The van der Waals surface area contributed by atoms with Gasteiger partial charge in [0.05, 0.1) is 0 Å². The van der Waals surface area contributed by atoms with Gasteiger partial charge in [-0.3, -0.25) is 0 Å². The molecule has 2 nitrogen and oxygen atoms in total. The van der Waals surface area contributed by atoms with Gasteiger partial charge in [-0.15, -0.1) is 6.58 Å². The molecule has 0 radical (unpaired) electrons. The van der Waals surface area contributed by atoms with Crippen molar-refractivity contribution in [3.63, 3.8) is 0 Å². The second kappa shape index (κ2) is 9.75. The highest BCUT2D eigenvalue weighted by molar-refractivity contribution is 5.67. The molecule has 1 unspecified atom stereocenters. The molecular formula is C13H23O2-. The SMILES string of the molecule is C=CCCCCCC(CCCC)C(=O)[O-]. The van der Waals surface area contributed by atoms with Crippen molar-refractivity contribution < 1.29 is 9.90 Å². The number of hydrogen-bond donors (Lipinski definition) is 0. The zero-order valence-corrected chi connectivity index (χ0v) is 9.84. The second-order valence-corrected chi connectivity index (χ2v) is 4.08. The number of carbonyl (C=O) groups is 1. The molecule has 88 valence electrons. The Bertz CT molecular complexity index is 175. The molecule has 0 N–H and O–H groups in total. The number of carboxylic acid groups (broad SMARTS) is 1. The van der Waals surface area contributed by atoms with Gasteiger partial charge in [-0.2, -0.15) is 0 Å². The van der Waals surface area contributed by atoms with Crippen LogP contribution in [0, 0.1) is 5.92 Å². The highest BCUT2D eigenvalue weighted by atomic mass is 16.4. The van der Waals surface area contributed by atoms with Crippen LogP contribution in [-0.4, -0.2) is 5.97 Å². The lowest BCUT2D eigenvalue weighted by Gasteiger charge is -2.17. The molecule has 0 bridgehead atoms. The summed E-state index contributed by atoms with van der Waals surface area (Å²) in [6.07, 6.45) is 9.76. The molecule has 0 fully saturated rings. The number of allylic oxidation sites excluding steroid dienone is 1. The van der Waals surface area contributed by atoms with E-state index in [-0.39, 0.29) is 5.92 Å².